The van der Waals surface area contributed by atoms with Crippen molar-refractivity contribution in [2.24, 2.45) is 5.92 Å². The maximum absolute atomic E-state index is 15.9. The summed E-state index contributed by atoms with van der Waals surface area (Å²) in [5, 5.41) is 10.4. The van der Waals surface area contributed by atoms with E-state index in [-0.39, 0.29) is 44.5 Å². The molecule has 11 heteroatoms. The standard InChI is InChI=1S/C33H42F3N3O5/c1-19(31(40)41)18-39-20(2)16-24-23-17-22(35)8-10-26(23)37-29(24)30(39)28-21(3)27(11-9-25(28)36)43-15-14-38(13-7-12-34)32(42)44-33(4,5)6/h8-11,17,19-20,30,37H,7,12-16,18H2,1-6H3,(H,40,41)/t19?,20-,30-/m1/s1. The molecule has 1 unspecified atom stereocenters. The lowest BCUT2D eigenvalue weighted by atomic mass is 9.85. The Bertz CT molecular complexity index is 1500. The lowest BCUT2D eigenvalue weighted by molar-refractivity contribution is -0.142. The highest BCUT2D eigenvalue weighted by Gasteiger charge is 2.39. The van der Waals surface area contributed by atoms with E-state index in [1.54, 1.807) is 40.7 Å². The van der Waals surface area contributed by atoms with E-state index in [4.69, 9.17) is 9.47 Å². The van der Waals surface area contributed by atoms with Gasteiger partial charge in [0.15, 0.2) is 0 Å². The van der Waals surface area contributed by atoms with Crippen LogP contribution < -0.4 is 4.74 Å². The van der Waals surface area contributed by atoms with Gasteiger partial charge in [-0.2, -0.15) is 0 Å². The van der Waals surface area contributed by atoms with E-state index in [0.717, 1.165) is 5.56 Å². The molecule has 2 heterocycles. The lowest BCUT2D eigenvalue weighted by Gasteiger charge is -2.42. The van der Waals surface area contributed by atoms with Gasteiger partial charge in [-0.25, -0.2) is 13.6 Å². The quantitative estimate of drug-likeness (QED) is 0.246. The molecule has 4 rings (SSSR count). The summed E-state index contributed by atoms with van der Waals surface area (Å²) in [6.45, 7) is 10.5. The molecule has 0 spiro atoms. The summed E-state index contributed by atoms with van der Waals surface area (Å²) >= 11 is 0. The second-order valence-electron chi connectivity index (χ2n) is 12.5. The molecule has 240 valence electrons. The van der Waals surface area contributed by atoms with Crippen LogP contribution in [0.25, 0.3) is 10.9 Å². The van der Waals surface area contributed by atoms with Gasteiger partial charge in [0.25, 0.3) is 0 Å². The fourth-order valence-electron chi connectivity index (χ4n) is 5.82. The number of aliphatic carboxylic acids is 1. The number of nitrogens with one attached hydrogen (secondary N) is 1. The summed E-state index contributed by atoms with van der Waals surface area (Å²) in [4.78, 5) is 31.3. The normalized spacial score (nSPS) is 17.8. The summed E-state index contributed by atoms with van der Waals surface area (Å²) in [7, 11) is 0. The summed E-state index contributed by atoms with van der Waals surface area (Å²) in [5.74, 6) is -2.17. The molecule has 1 aliphatic rings. The number of carbonyl (C=O) groups excluding carboxylic acids is 1. The molecule has 3 aromatic rings. The Balaban J connectivity index is 1.70. The number of fused-ring (bicyclic) bond motifs is 3. The minimum atomic E-state index is -0.961. The van der Waals surface area contributed by atoms with Gasteiger partial charge in [-0.1, -0.05) is 6.92 Å². The maximum Gasteiger partial charge on any atom is 0.410 e. The van der Waals surface area contributed by atoms with Crippen LogP contribution in [0.4, 0.5) is 18.0 Å². The Morgan fingerprint density at radius 1 is 1.18 bits per heavy atom. The number of carboxylic acids is 1. The van der Waals surface area contributed by atoms with E-state index in [0.29, 0.717) is 39.9 Å². The van der Waals surface area contributed by atoms with E-state index in [2.05, 4.69) is 4.98 Å². The number of hydrogen-bond donors (Lipinski definition) is 2. The fourth-order valence-corrected chi connectivity index (χ4v) is 5.82. The number of aromatic nitrogens is 1. The molecule has 0 saturated heterocycles. The van der Waals surface area contributed by atoms with Gasteiger partial charge in [-0.3, -0.25) is 14.1 Å². The van der Waals surface area contributed by atoms with Crippen LogP contribution in [0.15, 0.2) is 30.3 Å². The Labute approximate surface area is 256 Å². The van der Waals surface area contributed by atoms with Gasteiger partial charge in [0, 0.05) is 41.3 Å². The van der Waals surface area contributed by atoms with E-state index < -0.39 is 42.1 Å². The van der Waals surface area contributed by atoms with Crippen molar-refractivity contribution >= 4 is 23.0 Å². The predicted molar refractivity (Wildman–Crippen MR) is 162 cm³/mol. The molecule has 1 amide bonds. The van der Waals surface area contributed by atoms with Crippen molar-refractivity contribution in [1.29, 1.82) is 0 Å². The van der Waals surface area contributed by atoms with Crippen LogP contribution in [0.5, 0.6) is 5.75 Å². The molecule has 0 radical (unpaired) electrons. The molecular formula is C33H42F3N3O5. The minimum Gasteiger partial charge on any atom is -0.491 e. The number of aromatic amines is 1. The third kappa shape index (κ3) is 7.31. The van der Waals surface area contributed by atoms with E-state index in [1.807, 2.05) is 11.8 Å². The average molecular weight is 618 g/mol. The van der Waals surface area contributed by atoms with Crippen molar-refractivity contribution in [3.05, 3.63) is 64.4 Å². The van der Waals surface area contributed by atoms with Crippen LogP contribution in [-0.2, 0) is 16.0 Å². The summed E-state index contributed by atoms with van der Waals surface area (Å²) in [5.41, 5.74) is 2.37. The average Bonchev–Trinajstić information content (AvgIpc) is 3.29. The molecule has 0 fully saturated rings. The molecule has 0 aliphatic carbocycles. The van der Waals surface area contributed by atoms with E-state index in [9.17, 15) is 23.5 Å². The molecule has 2 N–H and O–H groups in total. The number of benzene rings is 2. The summed E-state index contributed by atoms with van der Waals surface area (Å²) < 4.78 is 54.6. The Kier molecular flexibility index (Phi) is 10.2. The second-order valence-corrected chi connectivity index (χ2v) is 12.5. The molecule has 2 aromatic carbocycles. The minimum absolute atomic E-state index is 0.0508. The number of ether oxygens (including phenoxy) is 2. The zero-order valence-corrected chi connectivity index (χ0v) is 26.2. The highest BCUT2D eigenvalue weighted by Crippen LogP contribution is 2.44. The number of hydrogen-bond acceptors (Lipinski definition) is 5. The van der Waals surface area contributed by atoms with Crippen molar-refractivity contribution in [1.82, 2.24) is 14.8 Å². The van der Waals surface area contributed by atoms with Gasteiger partial charge >= 0.3 is 12.1 Å². The number of carboxylic acid groups (broad SMARTS) is 1. The topological polar surface area (TPSA) is 95.1 Å². The molecule has 44 heavy (non-hydrogen) atoms. The first kappa shape index (κ1) is 33.2. The van der Waals surface area contributed by atoms with Crippen molar-refractivity contribution in [3.63, 3.8) is 0 Å². The summed E-state index contributed by atoms with van der Waals surface area (Å²) in [6.07, 6.45) is 0.103. The largest absolute Gasteiger partial charge is 0.491 e. The number of amides is 1. The Hall–Kier alpha value is -3.73. The van der Waals surface area contributed by atoms with Crippen LogP contribution in [0, 0.1) is 24.5 Å². The second kappa shape index (κ2) is 13.5. The van der Waals surface area contributed by atoms with Gasteiger partial charge in [0.05, 0.1) is 25.2 Å². The smallest absolute Gasteiger partial charge is 0.410 e. The van der Waals surface area contributed by atoms with Crippen molar-refractivity contribution < 1.29 is 37.3 Å². The summed E-state index contributed by atoms with van der Waals surface area (Å²) in [6, 6.07) is 6.43. The van der Waals surface area contributed by atoms with Crippen molar-refractivity contribution in [3.8, 4) is 5.75 Å². The van der Waals surface area contributed by atoms with Crippen LogP contribution in [0.2, 0.25) is 0 Å². The Morgan fingerprint density at radius 3 is 2.57 bits per heavy atom. The first-order valence-corrected chi connectivity index (χ1v) is 15.0. The molecule has 8 nitrogen and oxygen atoms in total. The van der Waals surface area contributed by atoms with Crippen LogP contribution in [0.1, 0.15) is 69.5 Å². The first-order chi connectivity index (χ1) is 20.7. The molecule has 0 saturated carbocycles. The molecule has 1 aromatic heterocycles. The lowest BCUT2D eigenvalue weighted by Crippen LogP contribution is -2.46. The van der Waals surface area contributed by atoms with Gasteiger partial charge < -0.3 is 24.5 Å². The first-order valence-electron chi connectivity index (χ1n) is 15.0. The Morgan fingerprint density at radius 2 is 1.91 bits per heavy atom. The van der Waals surface area contributed by atoms with Gasteiger partial charge in [0.2, 0.25) is 0 Å². The highest BCUT2D eigenvalue weighted by molar-refractivity contribution is 5.85. The van der Waals surface area contributed by atoms with Crippen LogP contribution in [-0.4, -0.2) is 76.5 Å². The number of rotatable bonds is 11. The third-order valence-electron chi connectivity index (χ3n) is 8.00. The molecular weight excluding hydrogens is 575 g/mol. The highest BCUT2D eigenvalue weighted by atomic mass is 19.1. The van der Waals surface area contributed by atoms with Crippen molar-refractivity contribution in [2.75, 3.05) is 32.9 Å². The fraction of sp³-hybridized carbons (Fsp3) is 0.515. The van der Waals surface area contributed by atoms with Crippen molar-refractivity contribution in [2.45, 2.75) is 72.1 Å². The zero-order chi connectivity index (χ0) is 32.3. The number of nitrogens with zero attached hydrogens (tertiary/aromatic N) is 2. The van der Waals surface area contributed by atoms with E-state index >= 15 is 4.39 Å². The molecule has 0 bridgehead atoms. The van der Waals surface area contributed by atoms with Crippen LogP contribution in [0.3, 0.4) is 0 Å². The van der Waals surface area contributed by atoms with Gasteiger partial charge in [-0.05, 0) is 88.9 Å². The monoisotopic (exact) mass is 617 g/mol. The van der Waals surface area contributed by atoms with Crippen LogP contribution >= 0.6 is 0 Å². The predicted octanol–water partition coefficient (Wildman–Crippen LogP) is 6.79. The third-order valence-corrected chi connectivity index (χ3v) is 8.00. The van der Waals surface area contributed by atoms with Gasteiger partial charge in [-0.15, -0.1) is 0 Å². The number of alkyl halides is 1. The van der Waals surface area contributed by atoms with Gasteiger partial charge in [0.1, 0.15) is 29.6 Å². The molecule has 1 aliphatic heterocycles. The van der Waals surface area contributed by atoms with E-state index in [1.165, 1.54) is 29.2 Å². The number of H-pyrrole nitrogens is 1. The number of halogens is 3. The zero-order valence-electron chi connectivity index (χ0n) is 26.2. The SMILES string of the molecule is Cc1c(OCCN(CCCF)C(=O)OC(C)(C)C)ccc(F)c1[C@@H]1c2[nH]c3ccc(F)cc3c2C[C@@H](C)N1CC(C)C(=O)O. The maximum atomic E-state index is 15.9. The molecule has 3 atom stereocenters. The number of carbonyl (C=O) groups is 2.